The van der Waals surface area contributed by atoms with Crippen LogP contribution < -0.4 is 0 Å². The van der Waals surface area contributed by atoms with E-state index in [0.717, 1.165) is 70.1 Å². The lowest BCUT2D eigenvalue weighted by atomic mass is 10.0. The Morgan fingerprint density at radius 1 is 0.352 bits per heavy atom. The number of unbranched alkanes of at least 4 members (excludes halogenated alkanes) is 30. The van der Waals surface area contributed by atoms with Crippen molar-refractivity contribution in [3.05, 3.63) is 0 Å². The summed E-state index contributed by atoms with van der Waals surface area (Å²) in [6.45, 7) is 8.91. The summed E-state index contributed by atoms with van der Waals surface area (Å²) >= 11 is 0. The molecule has 0 N–H and O–H groups in total. The van der Waals surface area contributed by atoms with Gasteiger partial charge in [-0.3, -0.25) is 14.4 Å². The van der Waals surface area contributed by atoms with Gasteiger partial charge in [-0.25, -0.2) is 0 Å². The van der Waals surface area contributed by atoms with Crippen LogP contribution in [0, 0.1) is 5.92 Å². The summed E-state index contributed by atoms with van der Waals surface area (Å²) in [7, 11) is 0. The topological polar surface area (TPSA) is 78.9 Å². The SMILES string of the molecule is CCCCCCCCCCCCCCCCCCCCCC(=O)O[C@H](COC(=O)CCCCCCC)COC(=O)CCCCCCCCCCCC(C)C. The van der Waals surface area contributed by atoms with Crippen LogP contribution in [0.2, 0.25) is 0 Å². The number of hydrogen-bond acceptors (Lipinski definition) is 6. The Morgan fingerprint density at radius 3 is 0.907 bits per heavy atom. The largest absolute Gasteiger partial charge is 0.462 e. The quantitative estimate of drug-likeness (QED) is 0.0349. The zero-order valence-corrected chi connectivity index (χ0v) is 36.7. The van der Waals surface area contributed by atoms with E-state index in [0.29, 0.717) is 19.3 Å². The number of rotatable bonds is 43. The molecule has 54 heavy (non-hydrogen) atoms. The maximum atomic E-state index is 12.7. The maximum absolute atomic E-state index is 12.7. The Morgan fingerprint density at radius 2 is 0.611 bits per heavy atom. The third-order valence-corrected chi connectivity index (χ3v) is 10.8. The second-order valence-electron chi connectivity index (χ2n) is 16.9. The second kappa shape index (κ2) is 42.6. The van der Waals surface area contributed by atoms with E-state index in [1.165, 1.54) is 154 Å². The van der Waals surface area contributed by atoms with Gasteiger partial charge < -0.3 is 14.2 Å². The average Bonchev–Trinajstić information content (AvgIpc) is 3.15. The molecule has 0 unspecified atom stereocenters. The summed E-state index contributed by atoms with van der Waals surface area (Å²) in [4.78, 5) is 37.5. The first kappa shape index (κ1) is 52.4. The van der Waals surface area contributed by atoms with E-state index in [1.807, 2.05) is 0 Å². The molecule has 0 bridgehead atoms. The molecular formula is C48H92O6. The van der Waals surface area contributed by atoms with Gasteiger partial charge in [0.05, 0.1) is 0 Å². The molecule has 0 radical (unpaired) electrons. The molecular weight excluding hydrogens is 673 g/mol. The first-order valence-electron chi connectivity index (χ1n) is 23.9. The number of ether oxygens (including phenoxy) is 3. The molecule has 0 saturated carbocycles. The molecule has 0 spiro atoms. The smallest absolute Gasteiger partial charge is 0.306 e. The second-order valence-corrected chi connectivity index (χ2v) is 16.9. The van der Waals surface area contributed by atoms with Crippen molar-refractivity contribution in [3.8, 4) is 0 Å². The Hall–Kier alpha value is -1.59. The van der Waals surface area contributed by atoms with E-state index in [2.05, 4.69) is 27.7 Å². The van der Waals surface area contributed by atoms with Crippen molar-refractivity contribution in [2.24, 2.45) is 5.92 Å². The molecule has 0 saturated heterocycles. The van der Waals surface area contributed by atoms with Crippen molar-refractivity contribution in [3.63, 3.8) is 0 Å². The lowest BCUT2D eigenvalue weighted by Gasteiger charge is -2.18. The van der Waals surface area contributed by atoms with Gasteiger partial charge in [-0.2, -0.15) is 0 Å². The standard InChI is InChI=1S/C48H92O6/c1-5-7-9-11-12-13-14-15-16-17-18-19-20-21-22-25-29-33-37-41-48(51)54-45(42-52-46(49)39-35-30-10-8-6-2)43-53-47(50)40-36-32-28-26-23-24-27-31-34-38-44(3)4/h44-45H,5-43H2,1-4H3/t45-/m1/s1. The Labute approximate surface area is 336 Å². The van der Waals surface area contributed by atoms with Gasteiger partial charge in [0.1, 0.15) is 13.2 Å². The molecule has 6 nitrogen and oxygen atoms in total. The summed E-state index contributed by atoms with van der Waals surface area (Å²) < 4.78 is 16.6. The molecule has 1 atom stereocenters. The predicted molar refractivity (Wildman–Crippen MR) is 229 cm³/mol. The highest BCUT2D eigenvalue weighted by Crippen LogP contribution is 2.17. The van der Waals surface area contributed by atoms with Crippen molar-refractivity contribution >= 4 is 17.9 Å². The van der Waals surface area contributed by atoms with Crippen LogP contribution in [0.4, 0.5) is 0 Å². The van der Waals surface area contributed by atoms with Gasteiger partial charge in [-0.15, -0.1) is 0 Å². The fourth-order valence-corrected chi connectivity index (χ4v) is 7.16. The molecule has 0 rings (SSSR count). The van der Waals surface area contributed by atoms with Crippen LogP contribution in [0.1, 0.15) is 265 Å². The van der Waals surface area contributed by atoms with Gasteiger partial charge in [0.25, 0.3) is 0 Å². The van der Waals surface area contributed by atoms with Gasteiger partial charge in [-0.05, 0) is 25.2 Å². The molecule has 0 aliphatic rings. The summed E-state index contributed by atoms with van der Waals surface area (Å²) in [5.74, 6) is -0.0582. The first-order valence-corrected chi connectivity index (χ1v) is 23.9. The average molecular weight is 765 g/mol. The molecule has 0 aromatic carbocycles. The highest BCUT2D eigenvalue weighted by atomic mass is 16.6. The third-order valence-electron chi connectivity index (χ3n) is 10.8. The van der Waals surface area contributed by atoms with Crippen LogP contribution in [0.5, 0.6) is 0 Å². The minimum absolute atomic E-state index is 0.0651. The summed E-state index contributed by atoms with van der Waals surface area (Å²) in [6, 6.07) is 0. The van der Waals surface area contributed by atoms with Crippen LogP contribution in [0.25, 0.3) is 0 Å². The molecule has 6 heteroatoms. The fourth-order valence-electron chi connectivity index (χ4n) is 7.16. The molecule has 0 aromatic rings. The highest BCUT2D eigenvalue weighted by molar-refractivity contribution is 5.71. The third kappa shape index (κ3) is 41.6. The van der Waals surface area contributed by atoms with E-state index < -0.39 is 6.10 Å². The zero-order chi connectivity index (χ0) is 39.6. The van der Waals surface area contributed by atoms with Crippen molar-refractivity contribution in [1.82, 2.24) is 0 Å². The number of esters is 3. The summed E-state index contributed by atoms with van der Waals surface area (Å²) in [6.07, 6.45) is 42.7. The van der Waals surface area contributed by atoms with Gasteiger partial charge in [-0.1, -0.05) is 227 Å². The lowest BCUT2D eigenvalue weighted by molar-refractivity contribution is -0.167. The zero-order valence-electron chi connectivity index (χ0n) is 36.7. The lowest BCUT2D eigenvalue weighted by Crippen LogP contribution is -2.30. The Bertz CT molecular complexity index is 811. The normalized spacial score (nSPS) is 11.9. The van der Waals surface area contributed by atoms with Crippen molar-refractivity contribution in [2.75, 3.05) is 13.2 Å². The van der Waals surface area contributed by atoms with Crippen molar-refractivity contribution < 1.29 is 28.6 Å². The van der Waals surface area contributed by atoms with Crippen LogP contribution in [0.15, 0.2) is 0 Å². The molecule has 0 heterocycles. The van der Waals surface area contributed by atoms with Crippen LogP contribution in [0.3, 0.4) is 0 Å². The Balaban J connectivity index is 4.12. The van der Waals surface area contributed by atoms with Gasteiger partial charge in [0.15, 0.2) is 6.10 Å². The van der Waals surface area contributed by atoms with Crippen LogP contribution >= 0.6 is 0 Å². The van der Waals surface area contributed by atoms with Gasteiger partial charge in [0, 0.05) is 19.3 Å². The van der Waals surface area contributed by atoms with E-state index in [-0.39, 0.29) is 31.1 Å². The van der Waals surface area contributed by atoms with E-state index in [1.54, 1.807) is 0 Å². The molecule has 0 aliphatic heterocycles. The maximum Gasteiger partial charge on any atom is 0.306 e. The van der Waals surface area contributed by atoms with E-state index in [4.69, 9.17) is 14.2 Å². The van der Waals surface area contributed by atoms with Crippen LogP contribution in [-0.4, -0.2) is 37.2 Å². The van der Waals surface area contributed by atoms with Crippen molar-refractivity contribution in [2.45, 2.75) is 271 Å². The van der Waals surface area contributed by atoms with Crippen LogP contribution in [-0.2, 0) is 28.6 Å². The monoisotopic (exact) mass is 765 g/mol. The van der Waals surface area contributed by atoms with Gasteiger partial charge >= 0.3 is 17.9 Å². The van der Waals surface area contributed by atoms with Gasteiger partial charge in [0.2, 0.25) is 0 Å². The molecule has 0 fully saturated rings. The number of hydrogen-bond donors (Lipinski definition) is 0. The van der Waals surface area contributed by atoms with E-state index in [9.17, 15) is 14.4 Å². The molecule has 0 amide bonds. The minimum Gasteiger partial charge on any atom is -0.462 e. The fraction of sp³-hybridized carbons (Fsp3) is 0.938. The van der Waals surface area contributed by atoms with E-state index >= 15 is 0 Å². The first-order chi connectivity index (χ1) is 26.4. The number of carbonyl (C=O) groups excluding carboxylic acids is 3. The van der Waals surface area contributed by atoms with Crippen molar-refractivity contribution in [1.29, 1.82) is 0 Å². The Kier molecular flexibility index (Phi) is 41.3. The predicted octanol–water partition coefficient (Wildman–Crippen LogP) is 15.1. The summed E-state index contributed by atoms with van der Waals surface area (Å²) in [5.41, 5.74) is 0. The minimum atomic E-state index is -0.758. The molecule has 320 valence electrons. The number of carbonyl (C=O) groups is 3. The highest BCUT2D eigenvalue weighted by Gasteiger charge is 2.19. The molecule has 0 aromatic heterocycles. The summed E-state index contributed by atoms with van der Waals surface area (Å²) in [5, 5.41) is 0. The molecule has 0 aliphatic carbocycles.